The summed E-state index contributed by atoms with van der Waals surface area (Å²) < 4.78 is 0. The van der Waals surface area contributed by atoms with Crippen molar-refractivity contribution in [3.8, 4) is 0 Å². The number of aromatic nitrogens is 1. The number of hydrogen-bond acceptors (Lipinski definition) is 5. The van der Waals surface area contributed by atoms with E-state index in [4.69, 9.17) is 16.7 Å². The molecule has 0 amide bonds. The minimum Gasteiger partial charge on any atom is -0.481 e. The van der Waals surface area contributed by atoms with E-state index in [0.29, 0.717) is 22.5 Å². The average Bonchev–Trinajstić information content (AvgIpc) is 2.45. The molecule has 2 rings (SSSR count). The third-order valence-corrected chi connectivity index (χ3v) is 3.92. The maximum absolute atomic E-state index is 11.3. The highest BCUT2D eigenvalue weighted by molar-refractivity contribution is 6.32. The van der Waals surface area contributed by atoms with Gasteiger partial charge in [0.2, 0.25) is 5.82 Å². The summed E-state index contributed by atoms with van der Waals surface area (Å²) in [4.78, 5) is 26.0. The number of aliphatic carboxylic acids is 1. The molecule has 0 fully saturated rings. The number of benzene rings is 1. The smallest absolute Gasteiger partial charge is 0.314 e. The minimum atomic E-state index is -0.982. The number of pyridine rings is 1. The average molecular weight is 350 g/mol. The molecule has 1 unspecified atom stereocenters. The standard InChI is InChI=1S/C16H16ClN3O4/c1-8-6-9(2)18-15(14(8)20(23)24)19-11-4-5-12(13(17)7-11)10(3)16(21)22/h4-7,10H,1-3H3,(H,18,19)(H,21,22). The summed E-state index contributed by atoms with van der Waals surface area (Å²) in [5.41, 5.74) is 1.99. The van der Waals surface area contributed by atoms with Gasteiger partial charge in [-0.1, -0.05) is 17.7 Å². The highest BCUT2D eigenvalue weighted by Crippen LogP contribution is 2.32. The first-order valence-electron chi connectivity index (χ1n) is 7.12. The van der Waals surface area contributed by atoms with E-state index in [9.17, 15) is 14.9 Å². The van der Waals surface area contributed by atoms with Crippen LogP contribution in [0.1, 0.15) is 29.7 Å². The number of nitrogens with zero attached hydrogens (tertiary/aromatic N) is 2. The lowest BCUT2D eigenvalue weighted by molar-refractivity contribution is -0.384. The number of nitro groups is 1. The number of hydrogen-bond donors (Lipinski definition) is 2. The van der Waals surface area contributed by atoms with Crippen LogP contribution < -0.4 is 5.32 Å². The van der Waals surface area contributed by atoms with Crippen LogP contribution in [0.15, 0.2) is 24.3 Å². The summed E-state index contributed by atoms with van der Waals surface area (Å²) in [6.07, 6.45) is 0. The van der Waals surface area contributed by atoms with Crippen molar-refractivity contribution in [2.75, 3.05) is 5.32 Å². The van der Waals surface area contributed by atoms with E-state index in [1.54, 1.807) is 32.0 Å². The van der Waals surface area contributed by atoms with Crippen LogP contribution in [0.25, 0.3) is 0 Å². The Morgan fingerprint density at radius 2 is 2.04 bits per heavy atom. The molecule has 2 N–H and O–H groups in total. The molecule has 0 saturated heterocycles. The molecule has 0 aliphatic carbocycles. The van der Waals surface area contributed by atoms with Crippen molar-refractivity contribution in [3.05, 3.63) is 56.2 Å². The second kappa shape index (κ2) is 6.84. The lowest BCUT2D eigenvalue weighted by Crippen LogP contribution is -2.08. The number of aryl methyl sites for hydroxylation is 2. The van der Waals surface area contributed by atoms with Crippen LogP contribution >= 0.6 is 11.6 Å². The molecule has 7 nitrogen and oxygen atoms in total. The Bertz CT molecular complexity index is 823. The Kier molecular flexibility index (Phi) is 5.04. The van der Waals surface area contributed by atoms with Gasteiger partial charge in [-0.05, 0) is 44.5 Å². The molecule has 24 heavy (non-hydrogen) atoms. The molecular weight excluding hydrogens is 334 g/mol. The van der Waals surface area contributed by atoms with Gasteiger partial charge in [0, 0.05) is 22.0 Å². The summed E-state index contributed by atoms with van der Waals surface area (Å²) in [6, 6.07) is 6.36. The number of nitrogens with one attached hydrogen (secondary N) is 1. The van der Waals surface area contributed by atoms with Crippen LogP contribution in [0.3, 0.4) is 0 Å². The van der Waals surface area contributed by atoms with Crippen molar-refractivity contribution in [1.29, 1.82) is 0 Å². The van der Waals surface area contributed by atoms with E-state index in [2.05, 4.69) is 10.3 Å². The minimum absolute atomic E-state index is 0.111. The number of carboxylic acids is 1. The lowest BCUT2D eigenvalue weighted by Gasteiger charge is -2.12. The number of carbonyl (C=O) groups is 1. The normalized spacial score (nSPS) is 11.8. The highest BCUT2D eigenvalue weighted by Gasteiger charge is 2.21. The van der Waals surface area contributed by atoms with Crippen LogP contribution in [0, 0.1) is 24.0 Å². The third kappa shape index (κ3) is 3.62. The van der Waals surface area contributed by atoms with Gasteiger partial charge in [-0.15, -0.1) is 0 Å². The summed E-state index contributed by atoms with van der Waals surface area (Å²) in [5, 5.41) is 23.5. The van der Waals surface area contributed by atoms with Crippen molar-refractivity contribution in [2.24, 2.45) is 0 Å². The van der Waals surface area contributed by atoms with Crippen LogP contribution in [0.4, 0.5) is 17.2 Å². The van der Waals surface area contributed by atoms with Gasteiger partial charge in [0.1, 0.15) is 0 Å². The molecular formula is C16H16ClN3O4. The van der Waals surface area contributed by atoms with Crippen LogP contribution in [-0.4, -0.2) is 21.0 Å². The quantitative estimate of drug-likeness (QED) is 0.619. The molecule has 1 atom stereocenters. The molecule has 1 aromatic carbocycles. The van der Waals surface area contributed by atoms with Crippen LogP contribution in [0.2, 0.25) is 5.02 Å². The van der Waals surface area contributed by atoms with E-state index in [1.807, 2.05) is 0 Å². The van der Waals surface area contributed by atoms with E-state index >= 15 is 0 Å². The van der Waals surface area contributed by atoms with E-state index in [-0.39, 0.29) is 16.5 Å². The van der Waals surface area contributed by atoms with Crippen molar-refractivity contribution >= 4 is 34.8 Å². The van der Waals surface area contributed by atoms with Crippen LogP contribution in [-0.2, 0) is 4.79 Å². The molecule has 1 aromatic heterocycles. The summed E-state index contributed by atoms with van der Waals surface area (Å²) in [7, 11) is 0. The zero-order chi connectivity index (χ0) is 18.0. The van der Waals surface area contributed by atoms with Gasteiger partial charge in [-0.3, -0.25) is 14.9 Å². The zero-order valence-electron chi connectivity index (χ0n) is 13.3. The predicted molar refractivity (Wildman–Crippen MR) is 91.2 cm³/mol. The molecule has 0 spiro atoms. The highest BCUT2D eigenvalue weighted by atomic mass is 35.5. The number of halogens is 1. The molecule has 0 radical (unpaired) electrons. The predicted octanol–water partition coefficient (Wildman–Crippen LogP) is 4.19. The van der Waals surface area contributed by atoms with Crippen molar-refractivity contribution < 1.29 is 14.8 Å². The van der Waals surface area contributed by atoms with E-state index < -0.39 is 16.8 Å². The van der Waals surface area contributed by atoms with Crippen molar-refractivity contribution in [3.63, 3.8) is 0 Å². The molecule has 0 saturated carbocycles. The lowest BCUT2D eigenvalue weighted by atomic mass is 10.0. The van der Waals surface area contributed by atoms with Crippen molar-refractivity contribution in [1.82, 2.24) is 4.98 Å². The second-order valence-electron chi connectivity index (χ2n) is 5.46. The van der Waals surface area contributed by atoms with Gasteiger partial charge in [-0.25, -0.2) is 4.98 Å². The molecule has 0 aliphatic rings. The van der Waals surface area contributed by atoms with E-state index in [1.165, 1.54) is 13.0 Å². The third-order valence-electron chi connectivity index (χ3n) is 3.59. The van der Waals surface area contributed by atoms with E-state index in [0.717, 1.165) is 0 Å². The molecule has 126 valence electrons. The fourth-order valence-electron chi connectivity index (χ4n) is 2.37. The van der Waals surface area contributed by atoms with Gasteiger partial charge in [-0.2, -0.15) is 0 Å². The molecule has 1 heterocycles. The Balaban J connectivity index is 2.41. The molecule has 8 heteroatoms. The monoisotopic (exact) mass is 349 g/mol. The van der Waals surface area contributed by atoms with Gasteiger partial charge in [0.25, 0.3) is 0 Å². The fraction of sp³-hybridized carbons (Fsp3) is 0.250. The maximum atomic E-state index is 11.3. The Morgan fingerprint density at radius 1 is 1.38 bits per heavy atom. The number of carboxylic acid groups (broad SMARTS) is 1. The first kappa shape index (κ1) is 17.7. The molecule has 0 bridgehead atoms. The Hall–Kier alpha value is -2.67. The number of rotatable bonds is 5. The fourth-order valence-corrected chi connectivity index (χ4v) is 2.72. The first-order valence-corrected chi connectivity index (χ1v) is 7.50. The van der Waals surface area contributed by atoms with Gasteiger partial charge in [0.05, 0.1) is 10.8 Å². The zero-order valence-corrected chi connectivity index (χ0v) is 14.1. The second-order valence-corrected chi connectivity index (χ2v) is 5.86. The largest absolute Gasteiger partial charge is 0.481 e. The van der Waals surface area contributed by atoms with Gasteiger partial charge < -0.3 is 10.4 Å². The SMILES string of the molecule is Cc1cc(C)c([N+](=O)[O-])c(Nc2ccc(C(C)C(=O)O)c(Cl)c2)n1. The molecule has 0 aliphatic heterocycles. The van der Waals surface area contributed by atoms with Crippen molar-refractivity contribution in [2.45, 2.75) is 26.7 Å². The summed E-state index contributed by atoms with van der Waals surface area (Å²) >= 11 is 6.14. The molecule has 2 aromatic rings. The Morgan fingerprint density at radius 3 is 2.58 bits per heavy atom. The summed E-state index contributed by atoms with van der Waals surface area (Å²) in [5.74, 6) is -1.61. The number of anilines is 2. The summed E-state index contributed by atoms with van der Waals surface area (Å²) in [6.45, 7) is 4.92. The first-order chi connectivity index (χ1) is 11.2. The van der Waals surface area contributed by atoms with Gasteiger partial charge in [0.15, 0.2) is 0 Å². The van der Waals surface area contributed by atoms with Crippen LogP contribution in [0.5, 0.6) is 0 Å². The maximum Gasteiger partial charge on any atom is 0.314 e. The topological polar surface area (TPSA) is 105 Å². The Labute approximate surface area is 143 Å². The van der Waals surface area contributed by atoms with Gasteiger partial charge >= 0.3 is 11.7 Å².